The standard InChI is InChI=1S/C20H27FN4O2S/c1-3-16(27-17-8-4-7-15(21)13-17)14-25-20(22-2)24-11-6-10-23-19(26)18-9-5-12-28-18/h4-5,7-9,12-13,16H,3,6,10-11,14H2,1-2H3,(H,23,26)(H2,22,24,25). The highest BCUT2D eigenvalue weighted by atomic mass is 32.1. The smallest absolute Gasteiger partial charge is 0.261 e. The number of carbonyl (C=O) groups excluding carboxylic acids is 1. The summed E-state index contributed by atoms with van der Waals surface area (Å²) < 4.78 is 19.1. The zero-order valence-electron chi connectivity index (χ0n) is 16.2. The van der Waals surface area contributed by atoms with Crippen molar-refractivity contribution in [3.05, 3.63) is 52.5 Å². The lowest BCUT2D eigenvalue weighted by Gasteiger charge is -2.20. The second-order valence-electron chi connectivity index (χ2n) is 6.07. The van der Waals surface area contributed by atoms with Gasteiger partial charge in [-0.15, -0.1) is 11.3 Å². The third-order valence-electron chi connectivity index (χ3n) is 3.95. The molecule has 0 bridgehead atoms. The van der Waals surface area contributed by atoms with E-state index in [1.165, 1.54) is 23.5 Å². The van der Waals surface area contributed by atoms with E-state index in [-0.39, 0.29) is 17.8 Å². The first-order chi connectivity index (χ1) is 13.6. The fourth-order valence-corrected chi connectivity index (χ4v) is 3.07. The molecule has 1 atom stereocenters. The second kappa shape index (κ2) is 12.0. The van der Waals surface area contributed by atoms with Crippen molar-refractivity contribution in [2.24, 2.45) is 4.99 Å². The number of carbonyl (C=O) groups is 1. The van der Waals surface area contributed by atoms with Crippen LogP contribution < -0.4 is 20.7 Å². The van der Waals surface area contributed by atoms with E-state index < -0.39 is 0 Å². The summed E-state index contributed by atoms with van der Waals surface area (Å²) >= 11 is 1.43. The molecular weight excluding hydrogens is 379 g/mol. The number of guanidine groups is 1. The lowest BCUT2D eigenvalue weighted by molar-refractivity contribution is 0.0957. The van der Waals surface area contributed by atoms with Crippen LogP contribution in [0.1, 0.15) is 29.4 Å². The molecule has 6 nitrogen and oxygen atoms in total. The summed E-state index contributed by atoms with van der Waals surface area (Å²) in [6, 6.07) is 9.80. The van der Waals surface area contributed by atoms with Gasteiger partial charge in [-0.2, -0.15) is 0 Å². The molecule has 1 heterocycles. The van der Waals surface area contributed by atoms with E-state index in [9.17, 15) is 9.18 Å². The molecule has 28 heavy (non-hydrogen) atoms. The Morgan fingerprint density at radius 2 is 2.04 bits per heavy atom. The summed E-state index contributed by atoms with van der Waals surface area (Å²) in [5.41, 5.74) is 0. The van der Waals surface area contributed by atoms with Gasteiger partial charge in [-0.05, 0) is 36.4 Å². The maximum absolute atomic E-state index is 13.3. The molecule has 0 spiro atoms. The van der Waals surface area contributed by atoms with Gasteiger partial charge in [0.05, 0.1) is 11.4 Å². The first-order valence-corrected chi connectivity index (χ1v) is 10.2. The zero-order chi connectivity index (χ0) is 20.2. The van der Waals surface area contributed by atoms with Crippen LogP contribution in [-0.4, -0.2) is 44.7 Å². The van der Waals surface area contributed by atoms with Gasteiger partial charge in [0.15, 0.2) is 5.96 Å². The molecule has 0 aliphatic carbocycles. The Labute approximate surface area is 169 Å². The van der Waals surface area contributed by atoms with Crippen molar-refractivity contribution in [1.82, 2.24) is 16.0 Å². The number of nitrogens with zero attached hydrogens (tertiary/aromatic N) is 1. The van der Waals surface area contributed by atoms with E-state index in [1.54, 1.807) is 25.2 Å². The number of benzene rings is 1. The van der Waals surface area contributed by atoms with Gasteiger partial charge in [-0.25, -0.2) is 4.39 Å². The summed E-state index contributed by atoms with van der Waals surface area (Å²) in [4.78, 5) is 16.7. The summed E-state index contributed by atoms with van der Waals surface area (Å²) in [6.45, 7) is 3.81. The largest absolute Gasteiger partial charge is 0.489 e. The Morgan fingerprint density at radius 1 is 1.21 bits per heavy atom. The number of hydrogen-bond donors (Lipinski definition) is 3. The maximum Gasteiger partial charge on any atom is 0.261 e. The molecule has 1 amide bonds. The molecule has 1 unspecified atom stereocenters. The van der Waals surface area contributed by atoms with Crippen LogP contribution in [0.4, 0.5) is 4.39 Å². The Bertz CT molecular complexity index is 752. The first kappa shape index (κ1) is 21.7. The highest BCUT2D eigenvalue weighted by molar-refractivity contribution is 7.12. The third kappa shape index (κ3) is 7.56. The predicted octanol–water partition coefficient (Wildman–Crippen LogP) is 3.03. The van der Waals surface area contributed by atoms with Crippen molar-refractivity contribution in [1.29, 1.82) is 0 Å². The van der Waals surface area contributed by atoms with Crippen LogP contribution in [0.25, 0.3) is 0 Å². The average Bonchev–Trinajstić information content (AvgIpc) is 3.23. The summed E-state index contributed by atoms with van der Waals surface area (Å²) in [6.07, 6.45) is 1.44. The summed E-state index contributed by atoms with van der Waals surface area (Å²) in [7, 11) is 1.70. The van der Waals surface area contributed by atoms with Gasteiger partial charge in [-0.3, -0.25) is 9.79 Å². The van der Waals surface area contributed by atoms with Crippen LogP contribution in [0, 0.1) is 5.82 Å². The van der Waals surface area contributed by atoms with Gasteiger partial charge in [-0.1, -0.05) is 19.1 Å². The molecule has 2 aromatic rings. The van der Waals surface area contributed by atoms with E-state index in [2.05, 4.69) is 20.9 Å². The number of aliphatic imine (C=N–C) groups is 1. The van der Waals surface area contributed by atoms with Crippen LogP contribution in [0.5, 0.6) is 5.75 Å². The number of rotatable bonds is 10. The van der Waals surface area contributed by atoms with Gasteiger partial charge < -0.3 is 20.7 Å². The molecule has 0 radical (unpaired) electrons. The fourth-order valence-electron chi connectivity index (χ4n) is 2.43. The van der Waals surface area contributed by atoms with E-state index in [1.807, 2.05) is 18.4 Å². The molecule has 3 N–H and O–H groups in total. The van der Waals surface area contributed by atoms with Gasteiger partial charge in [0, 0.05) is 26.2 Å². The lowest BCUT2D eigenvalue weighted by atomic mass is 10.2. The van der Waals surface area contributed by atoms with Crippen LogP contribution in [-0.2, 0) is 0 Å². The molecule has 1 aromatic carbocycles. The number of amides is 1. The summed E-state index contributed by atoms with van der Waals surface area (Å²) in [5, 5.41) is 11.2. The highest BCUT2D eigenvalue weighted by Gasteiger charge is 2.10. The normalized spacial score (nSPS) is 12.3. The molecule has 2 rings (SSSR count). The molecule has 0 aliphatic rings. The number of ether oxygens (including phenoxy) is 1. The fraction of sp³-hybridized carbons (Fsp3) is 0.400. The Morgan fingerprint density at radius 3 is 2.71 bits per heavy atom. The van der Waals surface area contributed by atoms with E-state index in [0.29, 0.717) is 36.2 Å². The first-order valence-electron chi connectivity index (χ1n) is 9.30. The van der Waals surface area contributed by atoms with E-state index >= 15 is 0 Å². The van der Waals surface area contributed by atoms with Gasteiger partial charge in [0.25, 0.3) is 5.91 Å². The second-order valence-corrected chi connectivity index (χ2v) is 7.02. The monoisotopic (exact) mass is 406 g/mol. The number of nitrogens with one attached hydrogen (secondary N) is 3. The Hall–Kier alpha value is -2.61. The van der Waals surface area contributed by atoms with Crippen LogP contribution in [0.3, 0.4) is 0 Å². The highest BCUT2D eigenvalue weighted by Crippen LogP contribution is 2.14. The van der Waals surface area contributed by atoms with Crippen LogP contribution in [0.15, 0.2) is 46.8 Å². The minimum atomic E-state index is -0.316. The minimum Gasteiger partial charge on any atom is -0.489 e. The van der Waals surface area contributed by atoms with Crippen LogP contribution >= 0.6 is 11.3 Å². The maximum atomic E-state index is 13.3. The topological polar surface area (TPSA) is 74.8 Å². The Kier molecular flexibility index (Phi) is 9.27. The predicted molar refractivity (Wildman–Crippen MR) is 112 cm³/mol. The number of hydrogen-bond acceptors (Lipinski definition) is 4. The molecule has 0 saturated carbocycles. The molecule has 152 valence electrons. The quantitative estimate of drug-likeness (QED) is 0.322. The average molecular weight is 407 g/mol. The van der Waals surface area contributed by atoms with Gasteiger partial charge >= 0.3 is 0 Å². The number of halogens is 1. The van der Waals surface area contributed by atoms with Crippen LogP contribution in [0.2, 0.25) is 0 Å². The molecule has 0 fully saturated rings. The van der Waals surface area contributed by atoms with Crippen molar-refractivity contribution < 1.29 is 13.9 Å². The van der Waals surface area contributed by atoms with Crippen molar-refractivity contribution in [3.8, 4) is 5.75 Å². The molecule has 0 saturated heterocycles. The van der Waals surface area contributed by atoms with E-state index in [0.717, 1.165) is 12.8 Å². The van der Waals surface area contributed by atoms with Crippen molar-refractivity contribution in [2.75, 3.05) is 26.7 Å². The van der Waals surface area contributed by atoms with Gasteiger partial charge in [0.1, 0.15) is 17.7 Å². The molecule has 8 heteroatoms. The minimum absolute atomic E-state index is 0.0437. The summed E-state index contributed by atoms with van der Waals surface area (Å²) in [5.74, 6) is 0.811. The number of thiophene rings is 1. The lowest BCUT2D eigenvalue weighted by Crippen LogP contribution is -2.43. The van der Waals surface area contributed by atoms with Gasteiger partial charge in [0.2, 0.25) is 0 Å². The Balaban J connectivity index is 1.65. The van der Waals surface area contributed by atoms with E-state index in [4.69, 9.17) is 4.74 Å². The van der Waals surface area contributed by atoms with Crippen molar-refractivity contribution >= 4 is 23.2 Å². The van der Waals surface area contributed by atoms with Crippen molar-refractivity contribution in [3.63, 3.8) is 0 Å². The zero-order valence-corrected chi connectivity index (χ0v) is 17.0. The van der Waals surface area contributed by atoms with Crippen molar-refractivity contribution in [2.45, 2.75) is 25.9 Å². The third-order valence-corrected chi connectivity index (χ3v) is 4.82. The molecule has 0 aliphatic heterocycles. The molecule has 1 aromatic heterocycles. The SMILES string of the molecule is CCC(CNC(=NC)NCCCNC(=O)c1cccs1)Oc1cccc(F)c1. The molecular formula is C20H27FN4O2S.